The molecule has 0 atom stereocenters. The fourth-order valence-electron chi connectivity index (χ4n) is 1.55. The van der Waals surface area contributed by atoms with Crippen LogP contribution in [-0.2, 0) is 11.3 Å². The zero-order valence-electron chi connectivity index (χ0n) is 10.6. The van der Waals surface area contributed by atoms with E-state index in [9.17, 15) is 19.7 Å². The third-order valence-electron chi connectivity index (χ3n) is 2.43. The fraction of sp³-hybridized carbons (Fsp3) is 0.0833. The molecule has 108 valence electrons. The first-order valence-electron chi connectivity index (χ1n) is 5.74. The van der Waals surface area contributed by atoms with Gasteiger partial charge in [0.25, 0.3) is 5.91 Å². The van der Waals surface area contributed by atoms with Gasteiger partial charge in [0, 0.05) is 5.56 Å². The first-order valence-corrected chi connectivity index (χ1v) is 6.56. The summed E-state index contributed by atoms with van der Waals surface area (Å²) in [5.41, 5.74) is 5.42. The summed E-state index contributed by atoms with van der Waals surface area (Å²) in [5, 5.41) is 10.5. The molecule has 2 rings (SSSR count). The summed E-state index contributed by atoms with van der Waals surface area (Å²) in [6.45, 7) is -0.286. The van der Waals surface area contributed by atoms with Crippen molar-refractivity contribution in [3.63, 3.8) is 0 Å². The highest BCUT2D eigenvalue weighted by molar-refractivity contribution is 7.12. The van der Waals surface area contributed by atoms with Crippen LogP contribution in [0.3, 0.4) is 0 Å². The smallest absolute Gasteiger partial charge is 0.343 e. The van der Waals surface area contributed by atoms with Crippen molar-refractivity contribution in [1.82, 2.24) is 4.57 Å². The first kappa shape index (κ1) is 14.6. The van der Waals surface area contributed by atoms with Crippen molar-refractivity contribution in [1.29, 1.82) is 0 Å². The lowest BCUT2D eigenvalue weighted by Gasteiger charge is -1.97. The minimum absolute atomic E-state index is 0.0503. The number of primary amides is 1. The first-order chi connectivity index (χ1) is 9.97. The Morgan fingerprint density at radius 2 is 2.00 bits per heavy atom. The number of amides is 2. The molecule has 0 spiro atoms. The van der Waals surface area contributed by atoms with Crippen molar-refractivity contribution in [2.45, 2.75) is 6.54 Å². The van der Waals surface area contributed by atoms with E-state index in [1.165, 1.54) is 4.57 Å². The molecule has 1 heterocycles. The maximum absolute atomic E-state index is 12.0. The largest absolute Gasteiger partial charge is 0.368 e. The van der Waals surface area contributed by atoms with Crippen LogP contribution in [0.25, 0.3) is 0 Å². The minimum atomic E-state index is -0.684. The molecule has 0 aliphatic rings. The molecule has 9 heteroatoms. The normalized spacial score (nSPS) is 11.3. The predicted octanol–water partition coefficient (Wildman–Crippen LogP) is 0.684. The molecule has 2 amide bonds. The SMILES string of the molecule is NC(=O)Cn1cc([N+](=O)[O-])sc1=NC(=O)c1ccccc1. The van der Waals surface area contributed by atoms with Gasteiger partial charge >= 0.3 is 5.00 Å². The number of aromatic nitrogens is 1. The molecule has 0 saturated heterocycles. The van der Waals surface area contributed by atoms with Crippen molar-refractivity contribution >= 4 is 28.2 Å². The van der Waals surface area contributed by atoms with E-state index >= 15 is 0 Å². The number of carbonyl (C=O) groups excluding carboxylic acids is 2. The summed E-state index contributed by atoms with van der Waals surface area (Å²) >= 11 is 0.701. The maximum atomic E-state index is 12.0. The topological polar surface area (TPSA) is 121 Å². The van der Waals surface area contributed by atoms with E-state index in [1.807, 2.05) is 0 Å². The molecule has 0 fully saturated rings. The number of thiazole rings is 1. The number of hydrogen-bond acceptors (Lipinski definition) is 5. The van der Waals surface area contributed by atoms with Crippen LogP contribution >= 0.6 is 11.3 Å². The second-order valence-electron chi connectivity index (χ2n) is 3.99. The Hall–Kier alpha value is -2.81. The van der Waals surface area contributed by atoms with E-state index in [0.29, 0.717) is 16.9 Å². The van der Waals surface area contributed by atoms with Gasteiger partial charge in [-0.1, -0.05) is 18.2 Å². The van der Waals surface area contributed by atoms with Crippen LogP contribution in [0.15, 0.2) is 41.5 Å². The molecular formula is C12H10N4O4S. The average molecular weight is 306 g/mol. The van der Waals surface area contributed by atoms with Gasteiger partial charge in [0.1, 0.15) is 6.54 Å². The van der Waals surface area contributed by atoms with Gasteiger partial charge in [-0.25, -0.2) is 0 Å². The molecule has 21 heavy (non-hydrogen) atoms. The number of rotatable bonds is 4. The highest BCUT2D eigenvalue weighted by atomic mass is 32.1. The van der Waals surface area contributed by atoms with Gasteiger partial charge in [-0.05, 0) is 23.5 Å². The molecule has 1 aromatic heterocycles. The quantitative estimate of drug-likeness (QED) is 0.659. The summed E-state index contributed by atoms with van der Waals surface area (Å²) in [4.78, 5) is 37.0. The Bertz CT molecular complexity index is 763. The molecule has 0 aliphatic heterocycles. The summed E-state index contributed by atoms with van der Waals surface area (Å²) in [7, 11) is 0. The zero-order valence-corrected chi connectivity index (χ0v) is 11.4. The fourth-order valence-corrected chi connectivity index (χ4v) is 2.36. The number of hydrogen-bond donors (Lipinski definition) is 1. The Labute approximate surface area is 122 Å². The van der Waals surface area contributed by atoms with Gasteiger partial charge < -0.3 is 10.3 Å². The molecule has 8 nitrogen and oxygen atoms in total. The predicted molar refractivity (Wildman–Crippen MR) is 74.5 cm³/mol. The van der Waals surface area contributed by atoms with Crippen molar-refractivity contribution in [3.8, 4) is 0 Å². The third kappa shape index (κ3) is 3.60. The second kappa shape index (κ2) is 6.09. The van der Waals surface area contributed by atoms with Gasteiger partial charge in [-0.15, -0.1) is 0 Å². The standard InChI is InChI=1S/C12H10N4O4S/c13-9(17)6-15-7-10(16(19)20)21-12(15)14-11(18)8-4-2-1-3-5-8/h1-5,7H,6H2,(H2,13,17). The summed E-state index contributed by atoms with van der Waals surface area (Å²) in [6.07, 6.45) is 1.13. The summed E-state index contributed by atoms with van der Waals surface area (Å²) in [5.74, 6) is -1.23. The Kier molecular flexibility index (Phi) is 4.24. The number of carbonyl (C=O) groups is 2. The number of nitro groups is 1. The second-order valence-corrected chi connectivity index (χ2v) is 4.97. The molecule has 2 aromatic rings. The molecule has 0 unspecified atom stereocenters. The van der Waals surface area contributed by atoms with Crippen LogP contribution in [0, 0.1) is 10.1 Å². The lowest BCUT2D eigenvalue weighted by atomic mass is 10.2. The van der Waals surface area contributed by atoms with Crippen molar-refractivity contribution in [2.75, 3.05) is 0 Å². The maximum Gasteiger partial charge on any atom is 0.343 e. The van der Waals surface area contributed by atoms with Crippen LogP contribution in [0.1, 0.15) is 10.4 Å². The van der Waals surface area contributed by atoms with Gasteiger partial charge in [-0.2, -0.15) is 4.99 Å². The van der Waals surface area contributed by atoms with Crippen molar-refractivity contribution in [3.05, 3.63) is 57.0 Å². The van der Waals surface area contributed by atoms with Gasteiger partial charge in [0.15, 0.2) is 4.80 Å². The van der Waals surface area contributed by atoms with Crippen LogP contribution in [-0.4, -0.2) is 21.3 Å². The van der Waals surface area contributed by atoms with Gasteiger partial charge in [-0.3, -0.25) is 19.7 Å². The van der Waals surface area contributed by atoms with Crippen LogP contribution in [0.5, 0.6) is 0 Å². The molecule has 0 aliphatic carbocycles. The van der Waals surface area contributed by atoms with Crippen LogP contribution in [0.4, 0.5) is 5.00 Å². The van der Waals surface area contributed by atoms with Gasteiger partial charge in [0.05, 0.1) is 11.1 Å². The highest BCUT2D eigenvalue weighted by Gasteiger charge is 2.14. The Morgan fingerprint density at radius 1 is 1.33 bits per heavy atom. The molecule has 2 N–H and O–H groups in total. The minimum Gasteiger partial charge on any atom is -0.368 e. The van der Waals surface area contributed by atoms with Crippen LogP contribution < -0.4 is 10.5 Å². The number of benzene rings is 1. The Balaban J connectivity index is 2.46. The molecular weight excluding hydrogens is 296 g/mol. The van der Waals surface area contributed by atoms with Crippen molar-refractivity contribution in [2.24, 2.45) is 10.7 Å². The van der Waals surface area contributed by atoms with E-state index in [1.54, 1.807) is 30.3 Å². The lowest BCUT2D eigenvalue weighted by Crippen LogP contribution is -2.25. The molecule has 1 aromatic carbocycles. The summed E-state index contributed by atoms with van der Waals surface area (Å²) < 4.78 is 1.19. The third-order valence-corrected chi connectivity index (χ3v) is 3.40. The van der Waals surface area contributed by atoms with Crippen LogP contribution in [0.2, 0.25) is 0 Å². The molecule has 0 radical (unpaired) electrons. The zero-order chi connectivity index (χ0) is 15.4. The lowest BCUT2D eigenvalue weighted by molar-refractivity contribution is -0.380. The van der Waals surface area contributed by atoms with E-state index in [-0.39, 0.29) is 16.3 Å². The van der Waals surface area contributed by atoms with E-state index in [4.69, 9.17) is 5.73 Å². The highest BCUT2D eigenvalue weighted by Crippen LogP contribution is 2.14. The summed E-state index contributed by atoms with van der Waals surface area (Å²) in [6, 6.07) is 8.26. The monoisotopic (exact) mass is 306 g/mol. The van der Waals surface area contributed by atoms with Crippen molar-refractivity contribution < 1.29 is 14.5 Å². The average Bonchev–Trinajstić information content (AvgIpc) is 2.82. The molecule has 0 saturated carbocycles. The number of nitrogens with zero attached hydrogens (tertiary/aromatic N) is 3. The Morgan fingerprint density at radius 3 is 2.57 bits per heavy atom. The number of nitrogens with two attached hydrogens (primary N) is 1. The van der Waals surface area contributed by atoms with E-state index < -0.39 is 16.7 Å². The van der Waals surface area contributed by atoms with Gasteiger partial charge in [0.2, 0.25) is 5.91 Å². The van der Waals surface area contributed by atoms with E-state index in [0.717, 1.165) is 6.20 Å². The molecule has 0 bridgehead atoms. The van der Waals surface area contributed by atoms with E-state index in [2.05, 4.69) is 4.99 Å².